The third-order valence-corrected chi connectivity index (χ3v) is 3.99. The number of carbonyl (C=O) groups is 2. The third kappa shape index (κ3) is 6.53. The fraction of sp³-hybridized carbons (Fsp3) is 0.263. The Kier molecular flexibility index (Phi) is 7.55. The number of amides is 3. The van der Waals surface area contributed by atoms with Gasteiger partial charge in [-0.25, -0.2) is 13.6 Å². The van der Waals surface area contributed by atoms with Crippen molar-refractivity contribution in [3.05, 3.63) is 64.7 Å². The number of carbonyl (C=O) groups excluding carboxylic acids is 2. The van der Waals surface area contributed by atoms with Crippen LogP contribution in [0.2, 0.25) is 5.02 Å². The Balaban J connectivity index is 1.93. The van der Waals surface area contributed by atoms with E-state index in [0.29, 0.717) is 18.4 Å². The van der Waals surface area contributed by atoms with Crippen molar-refractivity contribution in [2.24, 2.45) is 0 Å². The summed E-state index contributed by atoms with van der Waals surface area (Å²) >= 11 is 5.69. The van der Waals surface area contributed by atoms with Gasteiger partial charge in [0.2, 0.25) is 5.91 Å². The SMILES string of the molecule is CCCC(NC(=O)NCc1ccc(F)cc1)C(=O)Nc1ccc(Cl)cc1F. The zero-order chi connectivity index (χ0) is 19.8. The van der Waals surface area contributed by atoms with Crippen molar-refractivity contribution in [1.29, 1.82) is 0 Å². The van der Waals surface area contributed by atoms with Gasteiger partial charge in [-0.3, -0.25) is 4.79 Å². The molecular formula is C19H20ClF2N3O2. The van der Waals surface area contributed by atoms with Crippen LogP contribution < -0.4 is 16.0 Å². The first-order chi connectivity index (χ1) is 12.9. The van der Waals surface area contributed by atoms with Gasteiger partial charge in [0.25, 0.3) is 0 Å². The summed E-state index contributed by atoms with van der Waals surface area (Å²) in [4.78, 5) is 24.5. The summed E-state index contributed by atoms with van der Waals surface area (Å²) in [6.07, 6.45) is 1.02. The van der Waals surface area contributed by atoms with E-state index in [2.05, 4.69) is 16.0 Å². The van der Waals surface area contributed by atoms with E-state index in [0.717, 1.165) is 6.07 Å². The highest BCUT2D eigenvalue weighted by molar-refractivity contribution is 6.30. The van der Waals surface area contributed by atoms with Gasteiger partial charge in [0.05, 0.1) is 5.69 Å². The van der Waals surface area contributed by atoms with Crippen molar-refractivity contribution in [2.45, 2.75) is 32.4 Å². The maximum atomic E-state index is 13.8. The van der Waals surface area contributed by atoms with Crippen LogP contribution in [0.4, 0.5) is 19.3 Å². The Labute approximate surface area is 161 Å². The minimum Gasteiger partial charge on any atom is -0.334 e. The monoisotopic (exact) mass is 395 g/mol. The molecular weight excluding hydrogens is 376 g/mol. The van der Waals surface area contributed by atoms with Crippen molar-refractivity contribution >= 4 is 29.2 Å². The molecule has 8 heteroatoms. The van der Waals surface area contributed by atoms with E-state index in [9.17, 15) is 18.4 Å². The molecule has 144 valence electrons. The Morgan fingerprint density at radius 1 is 1.11 bits per heavy atom. The quantitative estimate of drug-likeness (QED) is 0.656. The molecule has 0 saturated heterocycles. The minimum atomic E-state index is -0.835. The Hall–Kier alpha value is -2.67. The first kappa shape index (κ1) is 20.6. The molecule has 0 radical (unpaired) electrons. The molecule has 0 spiro atoms. The molecule has 1 unspecified atom stereocenters. The van der Waals surface area contributed by atoms with Crippen LogP contribution in [-0.2, 0) is 11.3 Å². The van der Waals surface area contributed by atoms with E-state index >= 15 is 0 Å². The van der Waals surface area contributed by atoms with Gasteiger partial charge >= 0.3 is 6.03 Å². The summed E-state index contributed by atoms with van der Waals surface area (Å²) in [5, 5.41) is 7.83. The normalized spacial score (nSPS) is 11.6. The highest BCUT2D eigenvalue weighted by atomic mass is 35.5. The second-order valence-corrected chi connectivity index (χ2v) is 6.34. The third-order valence-electron chi connectivity index (χ3n) is 3.75. The molecule has 3 amide bonds. The van der Waals surface area contributed by atoms with Gasteiger partial charge in [0.1, 0.15) is 17.7 Å². The maximum Gasteiger partial charge on any atom is 0.315 e. The molecule has 1 atom stereocenters. The van der Waals surface area contributed by atoms with Crippen LogP contribution in [0.1, 0.15) is 25.3 Å². The van der Waals surface area contributed by atoms with E-state index in [1.54, 1.807) is 12.1 Å². The predicted octanol–water partition coefficient (Wildman–Crippen LogP) is 4.22. The van der Waals surface area contributed by atoms with Crippen molar-refractivity contribution in [2.75, 3.05) is 5.32 Å². The lowest BCUT2D eigenvalue weighted by atomic mass is 10.1. The highest BCUT2D eigenvalue weighted by Gasteiger charge is 2.21. The standard InChI is InChI=1S/C19H20ClF2N3O2/c1-2-3-17(18(26)24-16-9-6-13(20)10-15(16)22)25-19(27)23-11-12-4-7-14(21)8-5-12/h4-10,17H,2-3,11H2,1H3,(H,24,26)(H2,23,25,27). The first-order valence-corrected chi connectivity index (χ1v) is 8.81. The molecule has 0 fully saturated rings. The second kappa shape index (κ2) is 9.87. The number of halogens is 3. The van der Waals surface area contributed by atoms with Gasteiger partial charge in [-0.05, 0) is 42.3 Å². The molecule has 0 aliphatic carbocycles. The number of benzene rings is 2. The molecule has 0 saturated carbocycles. The zero-order valence-electron chi connectivity index (χ0n) is 14.7. The van der Waals surface area contributed by atoms with Crippen molar-refractivity contribution in [3.8, 4) is 0 Å². The summed E-state index contributed by atoms with van der Waals surface area (Å²) in [6, 6.07) is 8.21. The lowest BCUT2D eigenvalue weighted by Gasteiger charge is -2.18. The van der Waals surface area contributed by atoms with Crippen molar-refractivity contribution in [1.82, 2.24) is 10.6 Å². The molecule has 0 bridgehead atoms. The highest BCUT2D eigenvalue weighted by Crippen LogP contribution is 2.19. The summed E-state index contributed by atoms with van der Waals surface area (Å²) in [5.74, 6) is -1.56. The van der Waals surface area contributed by atoms with Gasteiger partial charge in [-0.2, -0.15) is 0 Å². The number of hydrogen-bond acceptors (Lipinski definition) is 2. The number of nitrogens with one attached hydrogen (secondary N) is 3. The molecule has 0 heterocycles. The van der Waals surface area contributed by atoms with Crippen LogP contribution in [0.15, 0.2) is 42.5 Å². The van der Waals surface area contributed by atoms with Gasteiger partial charge in [-0.1, -0.05) is 37.1 Å². The first-order valence-electron chi connectivity index (χ1n) is 8.43. The fourth-order valence-electron chi connectivity index (χ4n) is 2.36. The lowest BCUT2D eigenvalue weighted by Crippen LogP contribution is -2.47. The van der Waals surface area contributed by atoms with Gasteiger partial charge in [0.15, 0.2) is 0 Å². The van der Waals surface area contributed by atoms with Gasteiger partial charge in [-0.15, -0.1) is 0 Å². The summed E-state index contributed by atoms with van der Waals surface area (Å²) in [5.41, 5.74) is 0.699. The van der Waals surface area contributed by atoms with Crippen LogP contribution in [0.25, 0.3) is 0 Å². The van der Waals surface area contributed by atoms with E-state index in [1.807, 2.05) is 6.92 Å². The second-order valence-electron chi connectivity index (χ2n) is 5.91. The largest absolute Gasteiger partial charge is 0.334 e. The fourth-order valence-corrected chi connectivity index (χ4v) is 2.52. The van der Waals surface area contributed by atoms with E-state index in [1.165, 1.54) is 24.3 Å². The molecule has 0 aliphatic rings. The van der Waals surface area contributed by atoms with E-state index in [-0.39, 0.29) is 23.1 Å². The molecule has 2 rings (SSSR count). The summed E-state index contributed by atoms with van der Waals surface area (Å²) in [7, 11) is 0. The van der Waals surface area contributed by atoms with Gasteiger partial charge in [0, 0.05) is 11.6 Å². The van der Waals surface area contributed by atoms with E-state index in [4.69, 9.17) is 11.6 Å². The van der Waals surface area contributed by atoms with E-state index < -0.39 is 23.8 Å². The maximum absolute atomic E-state index is 13.8. The number of anilines is 1. The lowest BCUT2D eigenvalue weighted by molar-refractivity contribution is -0.118. The Bertz CT molecular complexity index is 800. The van der Waals surface area contributed by atoms with Crippen molar-refractivity contribution in [3.63, 3.8) is 0 Å². The smallest absolute Gasteiger partial charge is 0.315 e. The minimum absolute atomic E-state index is 0.0148. The molecule has 0 aliphatic heterocycles. The molecule has 27 heavy (non-hydrogen) atoms. The molecule has 0 aromatic heterocycles. The Morgan fingerprint density at radius 2 is 1.81 bits per heavy atom. The van der Waals surface area contributed by atoms with Crippen LogP contribution in [0, 0.1) is 11.6 Å². The predicted molar refractivity (Wildman–Crippen MR) is 101 cm³/mol. The Morgan fingerprint density at radius 3 is 2.44 bits per heavy atom. The average Bonchev–Trinajstić information content (AvgIpc) is 2.63. The number of urea groups is 1. The molecule has 2 aromatic rings. The topological polar surface area (TPSA) is 70.2 Å². The molecule has 3 N–H and O–H groups in total. The van der Waals surface area contributed by atoms with Gasteiger partial charge < -0.3 is 16.0 Å². The van der Waals surface area contributed by atoms with Crippen LogP contribution in [0.3, 0.4) is 0 Å². The van der Waals surface area contributed by atoms with Crippen LogP contribution >= 0.6 is 11.6 Å². The summed E-state index contributed by atoms with van der Waals surface area (Å²) < 4.78 is 26.7. The molecule has 5 nitrogen and oxygen atoms in total. The average molecular weight is 396 g/mol. The number of rotatable bonds is 7. The van der Waals surface area contributed by atoms with Crippen LogP contribution in [-0.4, -0.2) is 18.0 Å². The van der Waals surface area contributed by atoms with Crippen LogP contribution in [0.5, 0.6) is 0 Å². The number of hydrogen-bond donors (Lipinski definition) is 3. The van der Waals surface area contributed by atoms with Crippen molar-refractivity contribution < 1.29 is 18.4 Å². The molecule has 2 aromatic carbocycles. The zero-order valence-corrected chi connectivity index (χ0v) is 15.4. The summed E-state index contributed by atoms with van der Waals surface area (Å²) in [6.45, 7) is 2.04.